The van der Waals surface area contributed by atoms with E-state index in [4.69, 9.17) is 4.74 Å². The summed E-state index contributed by atoms with van der Waals surface area (Å²) in [6.45, 7) is 3.28. The summed E-state index contributed by atoms with van der Waals surface area (Å²) < 4.78 is 5.78. The fourth-order valence-corrected chi connectivity index (χ4v) is 3.69. The zero-order chi connectivity index (χ0) is 17.0. The van der Waals surface area contributed by atoms with E-state index in [1.54, 1.807) is 11.1 Å². The summed E-state index contributed by atoms with van der Waals surface area (Å²) in [6.07, 6.45) is 6.16. The van der Waals surface area contributed by atoms with Gasteiger partial charge in [0.2, 0.25) is 5.91 Å². The Morgan fingerprint density at radius 2 is 2.42 bits per heavy atom. The number of nitrogens with zero attached hydrogens (tertiary/aromatic N) is 3. The van der Waals surface area contributed by atoms with E-state index in [-0.39, 0.29) is 5.91 Å². The molecule has 1 amide bonds. The minimum absolute atomic E-state index is 0.111. The van der Waals surface area contributed by atoms with Crippen LogP contribution >= 0.6 is 0 Å². The van der Waals surface area contributed by atoms with Crippen molar-refractivity contribution >= 4 is 5.91 Å². The van der Waals surface area contributed by atoms with Gasteiger partial charge in [-0.05, 0) is 37.9 Å². The topological polar surface area (TPSA) is 65.9 Å². The first-order chi connectivity index (χ1) is 11.6. The van der Waals surface area contributed by atoms with Crippen LogP contribution in [0.1, 0.15) is 31.2 Å². The zero-order valence-electron chi connectivity index (χ0n) is 14.4. The van der Waals surface area contributed by atoms with Crippen molar-refractivity contribution in [1.29, 1.82) is 0 Å². The number of ether oxygens (including phenoxy) is 1. The maximum atomic E-state index is 12.4. The number of amides is 1. The van der Waals surface area contributed by atoms with E-state index in [0.717, 1.165) is 38.0 Å². The number of aliphatic hydroxyl groups excluding tert-OH is 1. The first-order valence-electron chi connectivity index (χ1n) is 8.76. The van der Waals surface area contributed by atoms with Crippen LogP contribution in [0.3, 0.4) is 0 Å². The number of carbonyl (C=O) groups is 1. The van der Waals surface area contributed by atoms with Gasteiger partial charge in [0.05, 0.1) is 5.60 Å². The van der Waals surface area contributed by atoms with Gasteiger partial charge in [0.25, 0.3) is 0 Å². The molecule has 2 aliphatic rings. The van der Waals surface area contributed by atoms with Crippen molar-refractivity contribution in [3.05, 3.63) is 30.1 Å². The van der Waals surface area contributed by atoms with E-state index in [2.05, 4.69) is 9.88 Å². The van der Waals surface area contributed by atoms with Crippen LogP contribution in [0.5, 0.6) is 0 Å². The van der Waals surface area contributed by atoms with Gasteiger partial charge in [0.1, 0.15) is 6.10 Å². The molecule has 1 aromatic rings. The van der Waals surface area contributed by atoms with Gasteiger partial charge in [-0.25, -0.2) is 0 Å². The van der Waals surface area contributed by atoms with Crippen LogP contribution in [-0.2, 0) is 16.1 Å². The maximum absolute atomic E-state index is 12.4. The van der Waals surface area contributed by atoms with Crippen LogP contribution < -0.4 is 0 Å². The number of β-amino-alcohol motifs (C(OH)–C–C–N with tert-alkyl or cyclic N) is 1. The van der Waals surface area contributed by atoms with Gasteiger partial charge in [0.15, 0.2) is 0 Å². The first kappa shape index (κ1) is 17.3. The van der Waals surface area contributed by atoms with Crippen LogP contribution in [0.4, 0.5) is 0 Å². The second-order valence-electron chi connectivity index (χ2n) is 6.97. The summed E-state index contributed by atoms with van der Waals surface area (Å²) in [5.41, 5.74) is 0.745. The SMILES string of the molecule is CN(CCC(=O)N1CC[C@@]2(CCCO2)[C@@H](O)C1)Cc1cccnc1. The van der Waals surface area contributed by atoms with E-state index >= 15 is 0 Å². The highest BCUT2D eigenvalue weighted by atomic mass is 16.5. The van der Waals surface area contributed by atoms with Gasteiger partial charge in [-0.3, -0.25) is 9.78 Å². The van der Waals surface area contributed by atoms with Crippen LogP contribution in [0.15, 0.2) is 24.5 Å². The summed E-state index contributed by atoms with van der Waals surface area (Å²) >= 11 is 0. The van der Waals surface area contributed by atoms with Gasteiger partial charge in [-0.15, -0.1) is 0 Å². The fourth-order valence-electron chi connectivity index (χ4n) is 3.69. The third-order valence-electron chi connectivity index (χ3n) is 5.17. The molecule has 0 saturated carbocycles. The maximum Gasteiger partial charge on any atom is 0.223 e. The summed E-state index contributed by atoms with van der Waals surface area (Å²) in [4.78, 5) is 20.5. The highest BCUT2D eigenvalue weighted by molar-refractivity contribution is 5.76. The smallest absolute Gasteiger partial charge is 0.223 e. The number of hydrogen-bond acceptors (Lipinski definition) is 5. The molecule has 2 saturated heterocycles. The molecule has 132 valence electrons. The van der Waals surface area contributed by atoms with Crippen LogP contribution in [-0.4, -0.2) is 70.8 Å². The molecule has 24 heavy (non-hydrogen) atoms. The minimum atomic E-state index is -0.564. The van der Waals surface area contributed by atoms with E-state index in [1.165, 1.54) is 0 Å². The quantitative estimate of drug-likeness (QED) is 0.872. The zero-order valence-corrected chi connectivity index (χ0v) is 14.4. The second-order valence-corrected chi connectivity index (χ2v) is 6.97. The summed E-state index contributed by atoms with van der Waals surface area (Å²) in [5, 5.41) is 10.4. The van der Waals surface area contributed by atoms with Crippen LogP contribution in [0.2, 0.25) is 0 Å². The molecule has 6 heteroatoms. The Bertz CT molecular complexity index is 546. The lowest BCUT2D eigenvalue weighted by atomic mass is 9.86. The molecule has 2 atom stereocenters. The Labute approximate surface area is 143 Å². The van der Waals surface area contributed by atoms with Crippen LogP contribution in [0, 0.1) is 0 Å². The highest BCUT2D eigenvalue weighted by Crippen LogP contribution is 2.36. The molecule has 2 fully saturated rings. The Hall–Kier alpha value is -1.50. The number of likely N-dealkylation sites (tertiary alicyclic amines) is 1. The van der Waals surface area contributed by atoms with Crippen molar-refractivity contribution in [2.24, 2.45) is 0 Å². The molecule has 3 heterocycles. The Morgan fingerprint density at radius 1 is 1.54 bits per heavy atom. The van der Waals surface area contributed by atoms with E-state index < -0.39 is 11.7 Å². The molecule has 0 aliphatic carbocycles. The molecular weight excluding hydrogens is 306 g/mol. The first-order valence-corrected chi connectivity index (χ1v) is 8.76. The van der Waals surface area contributed by atoms with Crippen molar-refractivity contribution in [3.8, 4) is 0 Å². The van der Waals surface area contributed by atoms with E-state index in [0.29, 0.717) is 26.1 Å². The normalized spacial score (nSPS) is 27.1. The average Bonchev–Trinajstić information content (AvgIpc) is 3.06. The largest absolute Gasteiger partial charge is 0.388 e. The lowest BCUT2D eigenvalue weighted by molar-refractivity contribution is -0.152. The van der Waals surface area contributed by atoms with Crippen molar-refractivity contribution < 1.29 is 14.6 Å². The number of piperidine rings is 1. The predicted octanol–water partition coefficient (Wildman–Crippen LogP) is 1.05. The molecule has 0 bridgehead atoms. The third-order valence-corrected chi connectivity index (χ3v) is 5.17. The third kappa shape index (κ3) is 3.94. The van der Waals surface area contributed by atoms with E-state index in [1.807, 2.05) is 25.4 Å². The van der Waals surface area contributed by atoms with Crippen LogP contribution in [0.25, 0.3) is 0 Å². The second kappa shape index (κ2) is 7.59. The van der Waals surface area contributed by atoms with Crippen molar-refractivity contribution in [2.45, 2.75) is 43.9 Å². The monoisotopic (exact) mass is 333 g/mol. The molecule has 0 radical (unpaired) electrons. The lowest BCUT2D eigenvalue weighted by Crippen LogP contribution is -2.56. The molecule has 3 rings (SSSR count). The number of aromatic nitrogens is 1. The molecule has 0 aromatic carbocycles. The Kier molecular flexibility index (Phi) is 5.48. The molecule has 2 aliphatic heterocycles. The molecule has 0 unspecified atom stereocenters. The van der Waals surface area contributed by atoms with Gasteiger partial charge in [-0.1, -0.05) is 6.07 Å². The Balaban J connectivity index is 1.44. The standard InChI is InChI=1S/C18H27N3O3/c1-20(13-15-4-2-8-19-12-15)9-5-17(23)21-10-7-18(16(22)14-21)6-3-11-24-18/h2,4,8,12,16,22H,3,5-7,9-11,13-14H2,1H3/t16-,18-/m0/s1. The fraction of sp³-hybridized carbons (Fsp3) is 0.667. The van der Waals surface area contributed by atoms with Gasteiger partial charge < -0.3 is 19.6 Å². The number of hydrogen-bond donors (Lipinski definition) is 1. The summed E-state index contributed by atoms with van der Waals surface area (Å²) in [6, 6.07) is 3.96. The predicted molar refractivity (Wildman–Crippen MR) is 90.3 cm³/mol. The number of pyridine rings is 1. The lowest BCUT2D eigenvalue weighted by Gasteiger charge is -2.42. The highest BCUT2D eigenvalue weighted by Gasteiger charge is 2.46. The van der Waals surface area contributed by atoms with Gasteiger partial charge in [-0.2, -0.15) is 0 Å². The van der Waals surface area contributed by atoms with Crippen molar-refractivity contribution in [1.82, 2.24) is 14.8 Å². The molecule has 1 aromatic heterocycles. The molecular formula is C18H27N3O3. The summed E-state index contributed by atoms with van der Waals surface area (Å²) in [7, 11) is 2.01. The minimum Gasteiger partial charge on any atom is -0.388 e. The van der Waals surface area contributed by atoms with Crippen molar-refractivity contribution in [3.63, 3.8) is 0 Å². The number of aliphatic hydroxyl groups is 1. The number of rotatable bonds is 5. The molecule has 6 nitrogen and oxygen atoms in total. The van der Waals surface area contributed by atoms with Gasteiger partial charge >= 0.3 is 0 Å². The molecule has 1 spiro atoms. The van der Waals surface area contributed by atoms with Crippen molar-refractivity contribution in [2.75, 3.05) is 33.3 Å². The molecule has 1 N–H and O–H groups in total. The average molecular weight is 333 g/mol. The number of carbonyl (C=O) groups excluding carboxylic acids is 1. The van der Waals surface area contributed by atoms with Gasteiger partial charge in [0, 0.05) is 51.6 Å². The Morgan fingerprint density at radius 3 is 3.08 bits per heavy atom. The summed E-state index contributed by atoms with van der Waals surface area (Å²) in [5.74, 6) is 0.111. The van der Waals surface area contributed by atoms with E-state index in [9.17, 15) is 9.90 Å².